The molecule has 2 rings (SSSR count). The van der Waals surface area contributed by atoms with Crippen LogP contribution in [0.1, 0.15) is 6.92 Å². The Morgan fingerprint density at radius 3 is 2.95 bits per heavy atom. The standard InChI is InChI=1S/C11H11Cl2N5OS2/c1-2-14-10-17-18-11(21-10)20-5-8(19)16-9-7(13)3-6(12)4-15-9/h3-4H,2,5H2,1H3,(H,14,17)(H,15,16,19). The number of nitrogens with zero attached hydrogens (tertiary/aromatic N) is 3. The van der Waals surface area contributed by atoms with Gasteiger partial charge in [-0.25, -0.2) is 4.98 Å². The summed E-state index contributed by atoms with van der Waals surface area (Å²) in [5.41, 5.74) is 0. The minimum absolute atomic E-state index is 0.196. The van der Waals surface area contributed by atoms with Crippen LogP contribution < -0.4 is 10.6 Å². The lowest BCUT2D eigenvalue weighted by atomic mass is 10.4. The highest BCUT2D eigenvalue weighted by molar-refractivity contribution is 8.01. The summed E-state index contributed by atoms with van der Waals surface area (Å²) in [5, 5.41) is 15.0. The number of carbonyl (C=O) groups is 1. The molecule has 2 aromatic heterocycles. The van der Waals surface area contributed by atoms with Crippen molar-refractivity contribution in [1.82, 2.24) is 15.2 Å². The summed E-state index contributed by atoms with van der Waals surface area (Å²) in [7, 11) is 0. The summed E-state index contributed by atoms with van der Waals surface area (Å²) in [4.78, 5) is 15.8. The summed E-state index contributed by atoms with van der Waals surface area (Å²) in [6, 6.07) is 1.52. The first-order valence-electron chi connectivity index (χ1n) is 5.89. The van der Waals surface area contributed by atoms with Crippen LogP contribution in [0.5, 0.6) is 0 Å². The predicted octanol–water partition coefficient (Wildman–Crippen LogP) is 3.40. The number of anilines is 2. The van der Waals surface area contributed by atoms with Crippen molar-refractivity contribution in [1.29, 1.82) is 0 Å². The molecule has 0 bridgehead atoms. The zero-order valence-corrected chi connectivity index (χ0v) is 14.0. The van der Waals surface area contributed by atoms with E-state index in [-0.39, 0.29) is 17.5 Å². The van der Waals surface area contributed by atoms with Crippen LogP contribution in [0.4, 0.5) is 10.9 Å². The van der Waals surface area contributed by atoms with Crippen LogP contribution in [-0.2, 0) is 4.79 Å². The largest absolute Gasteiger partial charge is 0.360 e. The molecular weight excluding hydrogens is 353 g/mol. The highest BCUT2D eigenvalue weighted by Gasteiger charge is 2.10. The molecule has 0 aliphatic heterocycles. The third-order valence-electron chi connectivity index (χ3n) is 2.13. The van der Waals surface area contributed by atoms with Gasteiger partial charge in [-0.05, 0) is 13.0 Å². The van der Waals surface area contributed by atoms with Crippen LogP contribution in [0.15, 0.2) is 16.6 Å². The van der Waals surface area contributed by atoms with Crippen molar-refractivity contribution in [2.45, 2.75) is 11.3 Å². The Labute approximate surface area is 139 Å². The van der Waals surface area contributed by atoms with Gasteiger partial charge in [-0.3, -0.25) is 4.79 Å². The van der Waals surface area contributed by atoms with Crippen LogP contribution in [-0.4, -0.2) is 33.4 Å². The van der Waals surface area contributed by atoms with E-state index in [1.807, 2.05) is 6.92 Å². The summed E-state index contributed by atoms with van der Waals surface area (Å²) in [5.74, 6) is 0.260. The normalized spacial score (nSPS) is 10.4. The zero-order valence-electron chi connectivity index (χ0n) is 10.9. The fourth-order valence-electron chi connectivity index (χ4n) is 1.29. The second-order valence-corrected chi connectivity index (χ2v) is 6.77. The van der Waals surface area contributed by atoms with Crippen LogP contribution in [0, 0.1) is 0 Å². The molecule has 2 N–H and O–H groups in total. The van der Waals surface area contributed by atoms with Crippen molar-refractivity contribution in [2.24, 2.45) is 0 Å². The highest BCUT2D eigenvalue weighted by Crippen LogP contribution is 2.26. The molecule has 0 aliphatic rings. The van der Waals surface area contributed by atoms with Gasteiger partial charge >= 0.3 is 0 Å². The van der Waals surface area contributed by atoms with Crippen molar-refractivity contribution >= 4 is 63.2 Å². The molecule has 21 heavy (non-hydrogen) atoms. The van der Waals surface area contributed by atoms with E-state index in [9.17, 15) is 4.79 Å². The predicted molar refractivity (Wildman–Crippen MR) is 87.7 cm³/mol. The van der Waals surface area contributed by atoms with Gasteiger partial charge < -0.3 is 10.6 Å². The molecule has 0 saturated heterocycles. The molecular formula is C11H11Cl2N5OS2. The first-order chi connectivity index (χ1) is 10.1. The lowest BCUT2D eigenvalue weighted by Crippen LogP contribution is -2.15. The average Bonchev–Trinajstić information content (AvgIpc) is 2.88. The van der Waals surface area contributed by atoms with Crippen LogP contribution >= 0.6 is 46.3 Å². The van der Waals surface area contributed by atoms with Crippen molar-refractivity contribution < 1.29 is 4.79 Å². The average molecular weight is 364 g/mol. The molecule has 112 valence electrons. The molecule has 0 spiro atoms. The van der Waals surface area contributed by atoms with E-state index < -0.39 is 0 Å². The van der Waals surface area contributed by atoms with E-state index >= 15 is 0 Å². The fraction of sp³-hybridized carbons (Fsp3) is 0.273. The zero-order chi connectivity index (χ0) is 15.2. The molecule has 0 unspecified atom stereocenters. The van der Waals surface area contributed by atoms with E-state index in [0.29, 0.717) is 10.0 Å². The molecule has 2 aromatic rings. The number of carbonyl (C=O) groups excluding carboxylic acids is 1. The Bertz CT molecular complexity index is 637. The quantitative estimate of drug-likeness (QED) is 0.765. The Balaban J connectivity index is 1.86. The number of rotatable bonds is 6. The number of halogens is 2. The molecule has 10 heteroatoms. The van der Waals surface area contributed by atoms with Crippen molar-refractivity contribution in [2.75, 3.05) is 22.9 Å². The molecule has 1 amide bonds. The number of hydrogen-bond donors (Lipinski definition) is 2. The smallest absolute Gasteiger partial charge is 0.236 e. The van der Waals surface area contributed by atoms with Crippen LogP contribution in [0.25, 0.3) is 0 Å². The summed E-state index contributed by atoms with van der Waals surface area (Å²) in [6.45, 7) is 2.76. The van der Waals surface area contributed by atoms with E-state index in [1.54, 1.807) is 0 Å². The van der Waals surface area contributed by atoms with Gasteiger partial charge in [0.2, 0.25) is 11.0 Å². The van der Waals surface area contributed by atoms with Crippen molar-refractivity contribution in [3.63, 3.8) is 0 Å². The maximum absolute atomic E-state index is 11.8. The van der Waals surface area contributed by atoms with Gasteiger partial charge in [0.15, 0.2) is 10.2 Å². The highest BCUT2D eigenvalue weighted by atomic mass is 35.5. The third-order valence-corrected chi connectivity index (χ3v) is 4.64. The van der Waals surface area contributed by atoms with Crippen molar-refractivity contribution in [3.8, 4) is 0 Å². The van der Waals surface area contributed by atoms with Crippen LogP contribution in [0.2, 0.25) is 10.0 Å². The Morgan fingerprint density at radius 2 is 2.24 bits per heavy atom. The lowest BCUT2D eigenvalue weighted by molar-refractivity contribution is -0.113. The maximum atomic E-state index is 11.8. The second-order valence-electron chi connectivity index (χ2n) is 3.72. The maximum Gasteiger partial charge on any atom is 0.236 e. The molecule has 0 saturated carbocycles. The van der Waals surface area contributed by atoms with E-state index in [0.717, 1.165) is 16.0 Å². The molecule has 0 aliphatic carbocycles. The number of amides is 1. The number of aromatic nitrogens is 3. The van der Waals surface area contributed by atoms with E-state index in [1.165, 1.54) is 35.4 Å². The number of nitrogens with one attached hydrogen (secondary N) is 2. The molecule has 2 heterocycles. The Hall–Kier alpha value is -1.09. The van der Waals surface area contributed by atoms with Gasteiger partial charge in [-0.2, -0.15) is 0 Å². The summed E-state index contributed by atoms with van der Waals surface area (Å²) >= 11 is 14.4. The lowest BCUT2D eigenvalue weighted by Gasteiger charge is -2.05. The van der Waals surface area contributed by atoms with Gasteiger partial charge in [-0.1, -0.05) is 46.3 Å². The molecule has 0 fully saturated rings. The minimum atomic E-state index is -0.225. The first-order valence-corrected chi connectivity index (χ1v) is 8.45. The van der Waals surface area contributed by atoms with Gasteiger partial charge in [0, 0.05) is 12.7 Å². The van der Waals surface area contributed by atoms with E-state index in [2.05, 4.69) is 25.8 Å². The SMILES string of the molecule is CCNc1nnc(SCC(=O)Nc2ncc(Cl)cc2Cl)s1. The fourth-order valence-corrected chi connectivity index (χ4v) is 3.34. The summed E-state index contributed by atoms with van der Waals surface area (Å²) < 4.78 is 0.719. The van der Waals surface area contributed by atoms with Gasteiger partial charge in [0.05, 0.1) is 15.8 Å². The Morgan fingerprint density at radius 1 is 1.43 bits per heavy atom. The number of pyridine rings is 1. The molecule has 0 atom stereocenters. The number of thioether (sulfide) groups is 1. The topological polar surface area (TPSA) is 79.8 Å². The molecule has 0 radical (unpaired) electrons. The van der Waals surface area contributed by atoms with E-state index in [4.69, 9.17) is 23.2 Å². The van der Waals surface area contributed by atoms with Crippen LogP contribution in [0.3, 0.4) is 0 Å². The summed E-state index contributed by atoms with van der Waals surface area (Å²) in [6.07, 6.45) is 1.42. The monoisotopic (exact) mass is 363 g/mol. The third kappa shape index (κ3) is 4.99. The molecule has 0 aromatic carbocycles. The second kappa shape index (κ2) is 7.79. The molecule has 6 nitrogen and oxygen atoms in total. The van der Waals surface area contributed by atoms with Gasteiger partial charge in [0.25, 0.3) is 0 Å². The number of hydrogen-bond acceptors (Lipinski definition) is 7. The minimum Gasteiger partial charge on any atom is -0.360 e. The van der Waals surface area contributed by atoms with Gasteiger partial charge in [-0.15, -0.1) is 10.2 Å². The van der Waals surface area contributed by atoms with Crippen molar-refractivity contribution in [3.05, 3.63) is 22.3 Å². The van der Waals surface area contributed by atoms with Gasteiger partial charge in [0.1, 0.15) is 0 Å². The Kier molecular flexibility index (Phi) is 6.04. The first kappa shape index (κ1) is 16.3.